The van der Waals surface area contributed by atoms with E-state index in [-0.39, 0.29) is 11.6 Å². The molecule has 12 heteroatoms. The van der Waals surface area contributed by atoms with Crippen LogP contribution in [0.5, 0.6) is 5.88 Å². The van der Waals surface area contributed by atoms with Crippen molar-refractivity contribution < 1.29 is 36.0 Å². The van der Waals surface area contributed by atoms with E-state index in [0.717, 1.165) is 25.7 Å². The van der Waals surface area contributed by atoms with Crippen LogP contribution in [0.3, 0.4) is 0 Å². The van der Waals surface area contributed by atoms with Crippen molar-refractivity contribution in [3.8, 4) is 5.88 Å². The van der Waals surface area contributed by atoms with Crippen molar-refractivity contribution in [3.05, 3.63) is 35.1 Å². The maximum atomic E-state index is 13.3. The molecule has 4 rings (SSSR count). The zero-order chi connectivity index (χ0) is 23.1. The summed E-state index contributed by atoms with van der Waals surface area (Å²) >= 11 is 0. The van der Waals surface area contributed by atoms with E-state index in [4.69, 9.17) is 9.26 Å². The lowest BCUT2D eigenvalue weighted by Gasteiger charge is -2.20. The number of hydrogen-bond donors (Lipinski definition) is 1. The summed E-state index contributed by atoms with van der Waals surface area (Å²) in [5.41, 5.74) is 0.239. The van der Waals surface area contributed by atoms with Crippen LogP contribution in [0.25, 0.3) is 0 Å². The molecule has 0 aromatic carbocycles. The quantitative estimate of drug-likeness (QED) is 0.555. The number of ether oxygens (including phenoxy) is 1. The van der Waals surface area contributed by atoms with E-state index in [2.05, 4.69) is 20.4 Å². The molecule has 2 fully saturated rings. The van der Waals surface area contributed by atoms with Crippen LogP contribution in [0.1, 0.15) is 71.8 Å². The van der Waals surface area contributed by atoms with Gasteiger partial charge in [-0.15, -0.1) is 0 Å². The second kappa shape index (κ2) is 8.28. The fourth-order valence-corrected chi connectivity index (χ4v) is 3.24. The van der Waals surface area contributed by atoms with Gasteiger partial charge in [-0.25, -0.2) is 4.98 Å². The van der Waals surface area contributed by atoms with Crippen LogP contribution in [-0.4, -0.2) is 39.7 Å². The number of carbonyl (C=O) groups excluding carboxylic acids is 1. The Kier molecular flexibility index (Phi) is 5.80. The molecular formula is C20H21F5N4O3. The topological polar surface area (TPSA) is 90.1 Å². The van der Waals surface area contributed by atoms with Gasteiger partial charge in [0.15, 0.2) is 12.4 Å². The minimum atomic E-state index is -5.75. The summed E-state index contributed by atoms with van der Waals surface area (Å²) in [6.07, 6.45) is -1.65. The molecule has 0 radical (unpaired) electrons. The zero-order valence-electron chi connectivity index (χ0n) is 17.1. The summed E-state index contributed by atoms with van der Waals surface area (Å²) in [5, 5.41) is 6.60. The molecule has 7 nitrogen and oxygen atoms in total. The highest BCUT2D eigenvalue weighted by atomic mass is 19.4. The Bertz CT molecular complexity index is 986. The first-order chi connectivity index (χ1) is 15.0. The van der Waals surface area contributed by atoms with Gasteiger partial charge >= 0.3 is 12.1 Å². The van der Waals surface area contributed by atoms with Crippen molar-refractivity contribution in [3.63, 3.8) is 0 Å². The molecular weight excluding hydrogens is 439 g/mol. The molecule has 2 aliphatic rings. The fourth-order valence-electron chi connectivity index (χ4n) is 3.24. The lowest BCUT2D eigenvalue weighted by Crippen LogP contribution is -2.42. The van der Waals surface area contributed by atoms with Gasteiger partial charge in [0.25, 0.3) is 5.91 Å². The van der Waals surface area contributed by atoms with Crippen LogP contribution in [0.4, 0.5) is 22.0 Å². The van der Waals surface area contributed by atoms with Gasteiger partial charge in [0.2, 0.25) is 11.8 Å². The van der Waals surface area contributed by atoms with Crippen molar-refractivity contribution in [1.29, 1.82) is 0 Å². The SMILES string of the molecule is Cc1nc([C@H](CC2CC2)NC(=O)c2ccc(C3CC3)c(OCC(F)(F)C(F)(F)F)n2)no1. The van der Waals surface area contributed by atoms with Crippen molar-refractivity contribution in [1.82, 2.24) is 20.4 Å². The molecule has 0 unspecified atom stereocenters. The number of nitrogens with one attached hydrogen (secondary N) is 1. The first-order valence-corrected chi connectivity index (χ1v) is 10.2. The summed E-state index contributed by atoms with van der Waals surface area (Å²) < 4.78 is 73.9. The number of alkyl halides is 5. The normalized spacial score (nSPS) is 17.8. The Balaban J connectivity index is 1.52. The molecule has 1 amide bonds. The molecule has 0 spiro atoms. The Morgan fingerprint density at radius 1 is 1.19 bits per heavy atom. The van der Waals surface area contributed by atoms with Gasteiger partial charge < -0.3 is 14.6 Å². The molecule has 0 saturated heterocycles. The average molecular weight is 460 g/mol. The summed E-state index contributed by atoms with van der Waals surface area (Å²) in [6.45, 7) is -0.300. The van der Waals surface area contributed by atoms with Crippen molar-refractivity contribution in [2.24, 2.45) is 5.92 Å². The van der Waals surface area contributed by atoms with E-state index in [9.17, 15) is 26.7 Å². The molecule has 2 heterocycles. The van der Waals surface area contributed by atoms with Gasteiger partial charge in [0, 0.05) is 12.5 Å². The van der Waals surface area contributed by atoms with E-state index in [0.29, 0.717) is 29.6 Å². The van der Waals surface area contributed by atoms with Crippen LogP contribution in [-0.2, 0) is 0 Å². The fraction of sp³-hybridized carbons (Fsp3) is 0.600. The molecule has 174 valence electrons. The molecule has 1 N–H and O–H groups in total. The van der Waals surface area contributed by atoms with Crippen molar-refractivity contribution in [2.75, 3.05) is 6.61 Å². The summed E-state index contributed by atoms with van der Waals surface area (Å²) in [6, 6.07) is 2.33. The second-order valence-corrected chi connectivity index (χ2v) is 8.23. The molecule has 0 aliphatic heterocycles. The molecule has 2 aliphatic carbocycles. The molecule has 2 aromatic heterocycles. The minimum Gasteiger partial charge on any atom is -0.471 e. The number of nitrogens with zero attached hydrogens (tertiary/aromatic N) is 3. The minimum absolute atomic E-state index is 0.0426. The van der Waals surface area contributed by atoms with E-state index >= 15 is 0 Å². The van der Waals surface area contributed by atoms with Gasteiger partial charge in [0.05, 0.1) is 6.04 Å². The Labute approximate surface area is 179 Å². The first kappa shape index (κ1) is 22.4. The molecule has 32 heavy (non-hydrogen) atoms. The molecule has 1 atom stereocenters. The average Bonchev–Trinajstić information content (AvgIpc) is 3.65. The van der Waals surface area contributed by atoms with Gasteiger partial charge in [-0.2, -0.15) is 26.9 Å². The maximum Gasteiger partial charge on any atom is 0.456 e. The van der Waals surface area contributed by atoms with Crippen molar-refractivity contribution in [2.45, 2.75) is 63.1 Å². The van der Waals surface area contributed by atoms with Crippen LogP contribution in [0.15, 0.2) is 16.7 Å². The number of pyridine rings is 1. The smallest absolute Gasteiger partial charge is 0.456 e. The highest BCUT2D eigenvalue weighted by Gasteiger charge is 2.58. The third kappa shape index (κ3) is 5.16. The number of aryl methyl sites for hydroxylation is 1. The number of hydrogen-bond acceptors (Lipinski definition) is 6. The van der Waals surface area contributed by atoms with E-state index < -0.39 is 36.5 Å². The van der Waals surface area contributed by atoms with Crippen molar-refractivity contribution >= 4 is 5.91 Å². The predicted octanol–water partition coefficient (Wildman–Crippen LogP) is 4.50. The second-order valence-electron chi connectivity index (χ2n) is 8.23. The standard InChI is InChI=1S/C20H21F5N4O3/c1-10-26-16(29-32-10)15(8-11-2-3-11)27-17(30)14-7-6-13(12-4-5-12)18(28-14)31-9-19(21,22)20(23,24)25/h6-7,11-12,15H,2-5,8-9H2,1H3,(H,27,30)/t15-/m0/s1. The Hall–Kier alpha value is -2.79. The number of aromatic nitrogens is 3. The number of rotatable bonds is 9. The summed E-state index contributed by atoms with van der Waals surface area (Å²) in [7, 11) is 0. The third-order valence-corrected chi connectivity index (χ3v) is 5.37. The number of halogens is 5. The summed E-state index contributed by atoms with van der Waals surface area (Å²) in [5.74, 6) is -5.07. The Morgan fingerprint density at radius 2 is 1.91 bits per heavy atom. The number of amides is 1. The van der Waals surface area contributed by atoms with E-state index in [1.54, 1.807) is 6.92 Å². The number of carbonyl (C=O) groups is 1. The summed E-state index contributed by atoms with van der Waals surface area (Å²) in [4.78, 5) is 20.9. The largest absolute Gasteiger partial charge is 0.471 e. The van der Waals surface area contributed by atoms with Crippen LogP contribution < -0.4 is 10.1 Å². The lowest BCUT2D eigenvalue weighted by molar-refractivity contribution is -0.290. The highest BCUT2D eigenvalue weighted by Crippen LogP contribution is 2.44. The van der Waals surface area contributed by atoms with Gasteiger partial charge in [-0.1, -0.05) is 24.1 Å². The van der Waals surface area contributed by atoms with E-state index in [1.165, 1.54) is 12.1 Å². The monoisotopic (exact) mass is 460 g/mol. The molecule has 2 saturated carbocycles. The highest BCUT2D eigenvalue weighted by molar-refractivity contribution is 5.92. The first-order valence-electron chi connectivity index (χ1n) is 10.2. The third-order valence-electron chi connectivity index (χ3n) is 5.37. The zero-order valence-corrected chi connectivity index (χ0v) is 17.1. The lowest BCUT2D eigenvalue weighted by atomic mass is 10.1. The molecule has 2 aromatic rings. The van der Waals surface area contributed by atoms with Gasteiger partial charge in [-0.3, -0.25) is 4.79 Å². The van der Waals surface area contributed by atoms with Gasteiger partial charge in [0.1, 0.15) is 5.69 Å². The van der Waals surface area contributed by atoms with Crippen LogP contribution >= 0.6 is 0 Å². The van der Waals surface area contributed by atoms with E-state index in [1.807, 2.05) is 0 Å². The van der Waals surface area contributed by atoms with Gasteiger partial charge in [-0.05, 0) is 37.2 Å². The Morgan fingerprint density at radius 3 is 2.47 bits per heavy atom. The van der Waals surface area contributed by atoms with Crippen LogP contribution in [0.2, 0.25) is 0 Å². The molecule has 0 bridgehead atoms. The maximum absolute atomic E-state index is 13.3. The predicted molar refractivity (Wildman–Crippen MR) is 99.3 cm³/mol. The van der Waals surface area contributed by atoms with Crippen LogP contribution in [0, 0.1) is 12.8 Å².